The van der Waals surface area contributed by atoms with Gasteiger partial charge in [0.2, 0.25) is 0 Å². The zero-order chi connectivity index (χ0) is 12.8. The molecule has 4 nitrogen and oxygen atoms in total. The van der Waals surface area contributed by atoms with Gasteiger partial charge in [0.15, 0.2) is 0 Å². The van der Waals surface area contributed by atoms with Crippen molar-refractivity contribution in [2.75, 3.05) is 20.6 Å². The third-order valence-corrected chi connectivity index (χ3v) is 2.43. The predicted octanol–water partition coefficient (Wildman–Crippen LogP) is 2.10. The molecule has 1 N–H and O–H groups in total. The number of carboxylic acid groups (broad SMARTS) is 1. The summed E-state index contributed by atoms with van der Waals surface area (Å²) < 4.78 is 5.65. The maximum Gasteiger partial charge on any atom is 0.339 e. The van der Waals surface area contributed by atoms with Gasteiger partial charge >= 0.3 is 5.97 Å². The summed E-state index contributed by atoms with van der Waals surface area (Å²) >= 11 is 0. The average molecular weight is 237 g/mol. The van der Waals surface area contributed by atoms with E-state index in [1.54, 1.807) is 24.3 Å². The van der Waals surface area contributed by atoms with E-state index in [0.29, 0.717) is 5.75 Å². The summed E-state index contributed by atoms with van der Waals surface area (Å²) in [6, 6.07) is 6.72. The molecule has 0 aliphatic heterocycles. The van der Waals surface area contributed by atoms with E-state index in [1.807, 2.05) is 21.0 Å². The summed E-state index contributed by atoms with van der Waals surface area (Å²) in [5.74, 6) is -0.522. The molecule has 0 aliphatic rings. The standard InChI is InChI=1S/C13H19NO3/c1-10(8-9-14(2)3)17-12-7-5-4-6-11(12)13(15)16/h4-7,10H,8-9H2,1-3H3,(H,15,16). The quantitative estimate of drug-likeness (QED) is 0.823. The lowest BCUT2D eigenvalue weighted by atomic mass is 10.2. The number of hydrogen-bond acceptors (Lipinski definition) is 3. The second-order valence-corrected chi connectivity index (χ2v) is 4.32. The molecule has 0 amide bonds. The topological polar surface area (TPSA) is 49.8 Å². The molecule has 17 heavy (non-hydrogen) atoms. The SMILES string of the molecule is CC(CCN(C)C)Oc1ccccc1C(=O)O. The van der Waals surface area contributed by atoms with Crippen molar-refractivity contribution in [1.82, 2.24) is 4.90 Å². The predicted molar refractivity (Wildman–Crippen MR) is 66.7 cm³/mol. The van der Waals surface area contributed by atoms with E-state index in [2.05, 4.69) is 4.90 Å². The Morgan fingerprint density at radius 1 is 1.41 bits per heavy atom. The van der Waals surface area contributed by atoms with E-state index in [-0.39, 0.29) is 11.7 Å². The third-order valence-electron chi connectivity index (χ3n) is 2.43. The monoisotopic (exact) mass is 237 g/mol. The van der Waals surface area contributed by atoms with Crippen molar-refractivity contribution >= 4 is 5.97 Å². The van der Waals surface area contributed by atoms with Crippen LogP contribution in [0.3, 0.4) is 0 Å². The van der Waals surface area contributed by atoms with E-state index < -0.39 is 5.97 Å². The number of nitrogens with zero attached hydrogens (tertiary/aromatic N) is 1. The van der Waals surface area contributed by atoms with Crippen LogP contribution in [-0.4, -0.2) is 42.7 Å². The van der Waals surface area contributed by atoms with Crippen molar-refractivity contribution in [2.45, 2.75) is 19.4 Å². The van der Waals surface area contributed by atoms with Crippen molar-refractivity contribution in [3.63, 3.8) is 0 Å². The molecule has 0 aliphatic carbocycles. The first kappa shape index (κ1) is 13.5. The van der Waals surface area contributed by atoms with Gasteiger partial charge in [-0.3, -0.25) is 0 Å². The molecule has 1 rings (SSSR count). The second-order valence-electron chi connectivity index (χ2n) is 4.32. The van der Waals surface area contributed by atoms with Crippen molar-refractivity contribution < 1.29 is 14.6 Å². The van der Waals surface area contributed by atoms with E-state index in [0.717, 1.165) is 13.0 Å². The molecule has 0 saturated carbocycles. The van der Waals surface area contributed by atoms with Crippen molar-refractivity contribution in [3.8, 4) is 5.75 Å². The minimum absolute atomic E-state index is 0.00194. The van der Waals surface area contributed by atoms with Gasteiger partial charge in [0.05, 0.1) is 6.10 Å². The summed E-state index contributed by atoms with van der Waals surface area (Å²) in [4.78, 5) is 13.1. The van der Waals surface area contributed by atoms with Crippen LogP contribution >= 0.6 is 0 Å². The van der Waals surface area contributed by atoms with E-state index in [1.165, 1.54) is 0 Å². The number of benzene rings is 1. The third kappa shape index (κ3) is 4.44. The van der Waals surface area contributed by atoms with Crippen LogP contribution in [0.2, 0.25) is 0 Å². The Kier molecular flexibility index (Phi) is 4.97. The molecule has 0 bridgehead atoms. The summed E-state index contributed by atoms with van der Waals surface area (Å²) in [7, 11) is 4.00. The van der Waals surface area contributed by atoms with Gasteiger partial charge in [-0.05, 0) is 39.6 Å². The van der Waals surface area contributed by atoms with Gasteiger partial charge < -0.3 is 14.7 Å². The zero-order valence-corrected chi connectivity index (χ0v) is 10.5. The highest BCUT2D eigenvalue weighted by Gasteiger charge is 2.12. The highest BCUT2D eigenvalue weighted by atomic mass is 16.5. The van der Waals surface area contributed by atoms with Gasteiger partial charge in [0.25, 0.3) is 0 Å². The fourth-order valence-electron chi connectivity index (χ4n) is 1.46. The van der Waals surface area contributed by atoms with Crippen LogP contribution in [-0.2, 0) is 0 Å². The number of ether oxygens (including phenoxy) is 1. The minimum Gasteiger partial charge on any atom is -0.490 e. The Bertz CT molecular complexity index is 377. The number of carbonyl (C=O) groups is 1. The van der Waals surface area contributed by atoms with Crippen LogP contribution < -0.4 is 4.74 Å². The lowest BCUT2D eigenvalue weighted by Crippen LogP contribution is -2.22. The fraction of sp³-hybridized carbons (Fsp3) is 0.462. The number of hydrogen-bond donors (Lipinski definition) is 1. The van der Waals surface area contributed by atoms with E-state index >= 15 is 0 Å². The van der Waals surface area contributed by atoms with Crippen molar-refractivity contribution in [2.24, 2.45) is 0 Å². The highest BCUT2D eigenvalue weighted by molar-refractivity contribution is 5.90. The van der Waals surface area contributed by atoms with Gasteiger partial charge in [0, 0.05) is 6.54 Å². The normalized spacial score (nSPS) is 12.5. The molecule has 0 radical (unpaired) electrons. The zero-order valence-electron chi connectivity index (χ0n) is 10.5. The van der Waals surface area contributed by atoms with Crippen LogP contribution in [0, 0.1) is 0 Å². The van der Waals surface area contributed by atoms with Crippen LogP contribution in [0.1, 0.15) is 23.7 Å². The number of rotatable bonds is 6. The maximum absolute atomic E-state index is 11.0. The molecule has 94 valence electrons. The molecule has 0 saturated heterocycles. The largest absolute Gasteiger partial charge is 0.490 e. The molecular formula is C13H19NO3. The van der Waals surface area contributed by atoms with Crippen LogP contribution in [0.15, 0.2) is 24.3 Å². The van der Waals surface area contributed by atoms with Gasteiger partial charge in [0.1, 0.15) is 11.3 Å². The van der Waals surface area contributed by atoms with Crippen molar-refractivity contribution in [3.05, 3.63) is 29.8 Å². The van der Waals surface area contributed by atoms with Gasteiger partial charge in [-0.15, -0.1) is 0 Å². The Hall–Kier alpha value is -1.55. The smallest absolute Gasteiger partial charge is 0.339 e. The summed E-state index contributed by atoms with van der Waals surface area (Å²) in [6.07, 6.45) is 0.860. The fourth-order valence-corrected chi connectivity index (χ4v) is 1.46. The van der Waals surface area contributed by atoms with Crippen LogP contribution in [0.25, 0.3) is 0 Å². The van der Waals surface area contributed by atoms with Gasteiger partial charge in [-0.2, -0.15) is 0 Å². The summed E-state index contributed by atoms with van der Waals surface area (Å²) in [5, 5.41) is 9.01. The minimum atomic E-state index is -0.958. The number of aromatic carboxylic acids is 1. The van der Waals surface area contributed by atoms with Crippen LogP contribution in [0.4, 0.5) is 0 Å². The first-order chi connectivity index (χ1) is 8.00. The van der Waals surface area contributed by atoms with Gasteiger partial charge in [-0.1, -0.05) is 12.1 Å². The first-order valence-corrected chi connectivity index (χ1v) is 5.64. The highest BCUT2D eigenvalue weighted by Crippen LogP contribution is 2.19. The Morgan fingerprint density at radius 3 is 2.65 bits per heavy atom. The molecule has 1 atom stereocenters. The van der Waals surface area contributed by atoms with Gasteiger partial charge in [-0.25, -0.2) is 4.79 Å². The molecule has 0 aromatic heterocycles. The molecule has 0 spiro atoms. The molecule has 0 heterocycles. The molecular weight excluding hydrogens is 218 g/mol. The summed E-state index contributed by atoms with van der Waals surface area (Å²) in [5.41, 5.74) is 0.212. The number of para-hydroxylation sites is 1. The van der Waals surface area contributed by atoms with E-state index in [9.17, 15) is 4.79 Å². The molecule has 0 fully saturated rings. The number of carboxylic acids is 1. The molecule has 1 unspecified atom stereocenters. The lowest BCUT2D eigenvalue weighted by Gasteiger charge is -2.18. The first-order valence-electron chi connectivity index (χ1n) is 5.64. The van der Waals surface area contributed by atoms with E-state index in [4.69, 9.17) is 9.84 Å². The summed E-state index contributed by atoms with van der Waals surface area (Å²) in [6.45, 7) is 2.86. The average Bonchev–Trinajstić information content (AvgIpc) is 2.27. The Morgan fingerprint density at radius 2 is 2.06 bits per heavy atom. The van der Waals surface area contributed by atoms with Crippen LogP contribution in [0.5, 0.6) is 5.75 Å². The second kappa shape index (κ2) is 6.25. The molecule has 1 aromatic rings. The molecule has 4 heteroatoms. The molecule has 1 aromatic carbocycles. The van der Waals surface area contributed by atoms with Crippen molar-refractivity contribution in [1.29, 1.82) is 0 Å². The maximum atomic E-state index is 11.0. The lowest BCUT2D eigenvalue weighted by molar-refractivity contribution is 0.0689. The Balaban J connectivity index is 2.64. The Labute approximate surface area is 102 Å².